The van der Waals surface area contributed by atoms with Crippen molar-refractivity contribution >= 4 is 22.4 Å². The van der Waals surface area contributed by atoms with Crippen molar-refractivity contribution in [3.8, 4) is 11.6 Å². The molecule has 2 aliphatic rings. The number of ether oxygens (including phenoxy) is 1. The van der Waals surface area contributed by atoms with Gasteiger partial charge in [-0.1, -0.05) is 24.8 Å². The number of pyridine rings is 1. The Morgan fingerprint density at radius 2 is 1.90 bits per heavy atom. The maximum Gasteiger partial charge on any atom is 0.283 e. The monoisotopic (exact) mass is 410 g/mol. The topological polar surface area (TPSA) is 80.9 Å². The zero-order valence-electron chi connectivity index (χ0n) is 17.3. The first-order valence-electron chi connectivity index (χ1n) is 10.4. The molecule has 1 fully saturated rings. The molecule has 0 aliphatic heterocycles. The minimum Gasteiger partial charge on any atom is -0.478 e. The molecule has 0 saturated heterocycles. The van der Waals surface area contributed by atoms with Gasteiger partial charge in [0, 0.05) is 11.6 Å². The van der Waals surface area contributed by atoms with Gasteiger partial charge in [-0.2, -0.15) is 4.98 Å². The lowest BCUT2D eigenvalue weighted by Gasteiger charge is -2.15. The molecular formula is C25H22N4O2. The Hall–Kier alpha value is -3.80. The van der Waals surface area contributed by atoms with E-state index in [1.165, 1.54) is 18.4 Å². The summed E-state index contributed by atoms with van der Waals surface area (Å²) in [4.78, 5) is 22.8. The molecule has 6 heteroatoms. The van der Waals surface area contributed by atoms with Crippen molar-refractivity contribution in [3.63, 3.8) is 0 Å². The van der Waals surface area contributed by atoms with Crippen LogP contribution in [-0.2, 0) is 0 Å². The number of nitrogens with one attached hydrogen (secondary N) is 1. The zero-order valence-corrected chi connectivity index (χ0v) is 17.3. The summed E-state index contributed by atoms with van der Waals surface area (Å²) in [6.45, 7) is 6.26. The minimum atomic E-state index is -0.273. The van der Waals surface area contributed by atoms with Crippen molar-refractivity contribution in [1.29, 1.82) is 5.41 Å². The van der Waals surface area contributed by atoms with E-state index in [0.717, 1.165) is 5.69 Å². The molecule has 6 nitrogen and oxygen atoms in total. The SMILES string of the molecule is C=C1C=C(c2nc3ccc(OCC)nc3n(-c3ccc(C4CC4)cc3)c2=O)C=CC1=N. The average molecular weight is 410 g/mol. The molecule has 0 radical (unpaired) electrons. The third kappa shape index (κ3) is 3.50. The summed E-state index contributed by atoms with van der Waals surface area (Å²) in [6.07, 6.45) is 7.53. The van der Waals surface area contributed by atoms with Crippen LogP contribution >= 0.6 is 0 Å². The van der Waals surface area contributed by atoms with Crippen LogP contribution in [0.2, 0.25) is 0 Å². The van der Waals surface area contributed by atoms with Gasteiger partial charge >= 0.3 is 0 Å². The number of nitrogens with zero attached hydrogens (tertiary/aromatic N) is 3. The van der Waals surface area contributed by atoms with Gasteiger partial charge in [0.1, 0.15) is 11.2 Å². The number of hydrogen-bond donors (Lipinski definition) is 1. The van der Waals surface area contributed by atoms with Crippen LogP contribution in [-0.4, -0.2) is 26.9 Å². The third-order valence-electron chi connectivity index (χ3n) is 5.55. The summed E-state index contributed by atoms with van der Waals surface area (Å²) >= 11 is 0. The predicted molar refractivity (Wildman–Crippen MR) is 122 cm³/mol. The van der Waals surface area contributed by atoms with E-state index in [0.29, 0.717) is 52.1 Å². The molecule has 0 atom stereocenters. The predicted octanol–water partition coefficient (Wildman–Crippen LogP) is 4.59. The minimum absolute atomic E-state index is 0.273. The molecule has 31 heavy (non-hydrogen) atoms. The van der Waals surface area contributed by atoms with Crippen LogP contribution in [0.1, 0.15) is 36.9 Å². The molecule has 2 heterocycles. The van der Waals surface area contributed by atoms with Gasteiger partial charge in [0.05, 0.1) is 18.0 Å². The van der Waals surface area contributed by atoms with Gasteiger partial charge in [0.25, 0.3) is 5.56 Å². The van der Waals surface area contributed by atoms with E-state index in [4.69, 9.17) is 10.1 Å². The fraction of sp³-hybridized carbons (Fsp3) is 0.200. The van der Waals surface area contributed by atoms with Gasteiger partial charge in [-0.05, 0) is 67.2 Å². The molecule has 2 aromatic heterocycles. The van der Waals surface area contributed by atoms with Crippen molar-refractivity contribution in [2.24, 2.45) is 0 Å². The highest BCUT2D eigenvalue weighted by Gasteiger charge is 2.24. The van der Waals surface area contributed by atoms with E-state index in [1.54, 1.807) is 28.9 Å². The van der Waals surface area contributed by atoms with Gasteiger partial charge in [0.2, 0.25) is 5.88 Å². The second-order valence-corrected chi connectivity index (χ2v) is 7.76. The van der Waals surface area contributed by atoms with Gasteiger partial charge in [-0.25, -0.2) is 4.98 Å². The quantitative estimate of drug-likeness (QED) is 0.667. The number of benzene rings is 1. The van der Waals surface area contributed by atoms with Crippen LogP contribution in [0.15, 0.2) is 71.6 Å². The Labute approximate surface area is 179 Å². The van der Waals surface area contributed by atoms with E-state index in [9.17, 15) is 4.79 Å². The fourth-order valence-electron chi connectivity index (χ4n) is 3.75. The molecule has 1 N–H and O–H groups in total. The van der Waals surface area contributed by atoms with E-state index in [-0.39, 0.29) is 5.56 Å². The van der Waals surface area contributed by atoms with E-state index >= 15 is 0 Å². The maximum absolute atomic E-state index is 13.6. The normalized spacial score (nSPS) is 16.0. The number of allylic oxidation sites excluding steroid dienone is 5. The van der Waals surface area contributed by atoms with Crippen molar-refractivity contribution in [1.82, 2.24) is 14.5 Å². The summed E-state index contributed by atoms with van der Waals surface area (Å²) in [5.41, 5.74) is 4.59. The Morgan fingerprint density at radius 1 is 1.13 bits per heavy atom. The first kappa shape index (κ1) is 19.2. The molecule has 154 valence electrons. The summed E-state index contributed by atoms with van der Waals surface area (Å²) in [7, 11) is 0. The molecule has 0 bridgehead atoms. The summed E-state index contributed by atoms with van der Waals surface area (Å²) in [6, 6.07) is 11.7. The van der Waals surface area contributed by atoms with Crippen LogP contribution in [0.3, 0.4) is 0 Å². The fourth-order valence-corrected chi connectivity index (χ4v) is 3.75. The van der Waals surface area contributed by atoms with Crippen molar-refractivity contribution in [2.75, 3.05) is 6.61 Å². The molecule has 1 saturated carbocycles. The summed E-state index contributed by atoms with van der Waals surface area (Å²) in [5.74, 6) is 1.09. The highest BCUT2D eigenvalue weighted by atomic mass is 16.5. The highest BCUT2D eigenvalue weighted by molar-refractivity contribution is 6.12. The average Bonchev–Trinajstić information content (AvgIpc) is 3.61. The third-order valence-corrected chi connectivity index (χ3v) is 5.55. The molecule has 0 unspecified atom stereocenters. The second-order valence-electron chi connectivity index (χ2n) is 7.76. The number of aromatic nitrogens is 3. The first-order chi connectivity index (χ1) is 15.0. The van der Waals surface area contributed by atoms with Gasteiger partial charge in [-0.15, -0.1) is 0 Å². The highest BCUT2D eigenvalue weighted by Crippen LogP contribution is 2.40. The van der Waals surface area contributed by atoms with Crippen molar-refractivity contribution in [3.05, 3.63) is 88.4 Å². The number of fused-ring (bicyclic) bond motifs is 1. The molecular weight excluding hydrogens is 388 g/mol. The molecule has 1 aromatic carbocycles. The first-order valence-corrected chi connectivity index (χ1v) is 10.4. The van der Waals surface area contributed by atoms with Crippen LogP contribution in [0.5, 0.6) is 5.88 Å². The molecule has 3 aromatic rings. The smallest absolute Gasteiger partial charge is 0.283 e. The number of hydrogen-bond acceptors (Lipinski definition) is 5. The Kier molecular flexibility index (Phi) is 4.62. The van der Waals surface area contributed by atoms with Gasteiger partial charge in [0.15, 0.2) is 5.65 Å². The van der Waals surface area contributed by atoms with Gasteiger partial charge in [-0.3, -0.25) is 9.36 Å². The van der Waals surface area contributed by atoms with E-state index < -0.39 is 0 Å². The lowest BCUT2D eigenvalue weighted by atomic mass is 9.99. The standard InChI is InChI=1S/C25H22N4O2/c1-3-31-22-13-12-21-24(28-22)29(19-9-6-17(7-10-19)16-4-5-16)25(30)23(27-21)18-8-11-20(26)15(2)14-18/h6-14,16,26H,2-5H2,1H3. The molecule has 0 spiro atoms. The molecule has 5 rings (SSSR count). The lowest BCUT2D eigenvalue weighted by Crippen LogP contribution is -2.25. The molecule has 2 aliphatic carbocycles. The van der Waals surface area contributed by atoms with Crippen LogP contribution in [0.25, 0.3) is 22.4 Å². The summed E-state index contributed by atoms with van der Waals surface area (Å²) < 4.78 is 7.16. The van der Waals surface area contributed by atoms with Crippen molar-refractivity contribution in [2.45, 2.75) is 25.7 Å². The van der Waals surface area contributed by atoms with Crippen LogP contribution < -0.4 is 10.3 Å². The van der Waals surface area contributed by atoms with E-state index in [2.05, 4.69) is 28.7 Å². The molecule has 0 amide bonds. The van der Waals surface area contributed by atoms with Crippen LogP contribution in [0.4, 0.5) is 0 Å². The van der Waals surface area contributed by atoms with E-state index in [1.807, 2.05) is 25.1 Å². The zero-order chi connectivity index (χ0) is 21.5. The Balaban J connectivity index is 1.74. The number of rotatable bonds is 5. The maximum atomic E-state index is 13.6. The Morgan fingerprint density at radius 3 is 2.58 bits per heavy atom. The van der Waals surface area contributed by atoms with Gasteiger partial charge < -0.3 is 10.1 Å². The second kappa shape index (κ2) is 7.47. The van der Waals surface area contributed by atoms with Crippen molar-refractivity contribution < 1.29 is 4.74 Å². The summed E-state index contributed by atoms with van der Waals surface area (Å²) in [5, 5.41) is 7.87. The van der Waals surface area contributed by atoms with Crippen LogP contribution in [0, 0.1) is 5.41 Å². The largest absolute Gasteiger partial charge is 0.478 e. The Bertz CT molecular complexity index is 1340. The lowest BCUT2D eigenvalue weighted by molar-refractivity contribution is 0.328.